The van der Waals surface area contributed by atoms with E-state index in [4.69, 9.17) is 5.10 Å². The summed E-state index contributed by atoms with van der Waals surface area (Å²) in [6, 6.07) is 9.51. The van der Waals surface area contributed by atoms with Crippen LogP contribution in [-0.2, 0) is 11.0 Å². The van der Waals surface area contributed by atoms with E-state index in [1.165, 1.54) is 0 Å². The lowest BCUT2D eigenvalue weighted by atomic mass is 9.87. The molecule has 1 aliphatic rings. The zero-order valence-electron chi connectivity index (χ0n) is 20.8. The van der Waals surface area contributed by atoms with Crippen LogP contribution in [0.4, 0.5) is 5.69 Å². The Hall–Kier alpha value is -2.77. The van der Waals surface area contributed by atoms with Gasteiger partial charge in [0, 0.05) is 40.5 Å². The van der Waals surface area contributed by atoms with Gasteiger partial charge in [-0.15, -0.1) is 0 Å². The SMILES string of the molecule is CC(C)(C)c1cccc(C(=O)Nc2cc3cn(C4CCC(CO)CC4)nc3cc2C(C)(C)O)n1. The fourth-order valence-electron chi connectivity index (χ4n) is 4.64. The number of nitrogens with zero attached hydrogens (tertiary/aromatic N) is 3. The number of aliphatic hydroxyl groups excluding tert-OH is 1. The number of fused-ring (bicyclic) bond motifs is 1. The molecule has 1 fully saturated rings. The molecule has 4 rings (SSSR count). The molecule has 7 nitrogen and oxygen atoms in total. The summed E-state index contributed by atoms with van der Waals surface area (Å²) in [5, 5.41) is 29.0. The van der Waals surface area contributed by atoms with Crippen molar-refractivity contribution in [3.8, 4) is 0 Å². The van der Waals surface area contributed by atoms with Crippen LogP contribution in [0.1, 0.15) is 88.1 Å². The molecule has 1 aromatic carbocycles. The van der Waals surface area contributed by atoms with Crippen molar-refractivity contribution < 1.29 is 15.0 Å². The van der Waals surface area contributed by atoms with Crippen molar-refractivity contribution in [2.75, 3.05) is 11.9 Å². The van der Waals surface area contributed by atoms with Gasteiger partial charge in [0.2, 0.25) is 0 Å². The third kappa shape index (κ3) is 5.15. The number of carbonyl (C=O) groups excluding carboxylic acids is 1. The second-order valence-corrected chi connectivity index (χ2v) is 11.1. The highest BCUT2D eigenvalue weighted by atomic mass is 16.3. The zero-order valence-corrected chi connectivity index (χ0v) is 20.8. The molecule has 3 N–H and O–H groups in total. The maximum Gasteiger partial charge on any atom is 0.274 e. The monoisotopic (exact) mass is 464 g/mol. The Balaban J connectivity index is 1.66. The number of aromatic nitrogens is 3. The van der Waals surface area contributed by atoms with Crippen LogP contribution in [0.3, 0.4) is 0 Å². The molecule has 182 valence electrons. The lowest BCUT2D eigenvalue weighted by molar-refractivity contribution is 0.0793. The van der Waals surface area contributed by atoms with Crippen molar-refractivity contribution in [2.24, 2.45) is 5.92 Å². The fourth-order valence-corrected chi connectivity index (χ4v) is 4.64. The van der Waals surface area contributed by atoms with E-state index in [1.807, 2.05) is 35.1 Å². The largest absolute Gasteiger partial charge is 0.396 e. The first-order valence-corrected chi connectivity index (χ1v) is 12.1. The molecule has 1 aliphatic carbocycles. The van der Waals surface area contributed by atoms with E-state index in [2.05, 4.69) is 31.1 Å². The van der Waals surface area contributed by atoms with Crippen molar-refractivity contribution in [1.29, 1.82) is 0 Å². The highest BCUT2D eigenvalue weighted by Crippen LogP contribution is 2.35. The minimum atomic E-state index is -1.17. The molecule has 0 aliphatic heterocycles. The zero-order chi connectivity index (χ0) is 24.7. The molecule has 0 radical (unpaired) electrons. The molecule has 0 atom stereocenters. The number of hydrogen-bond donors (Lipinski definition) is 3. The molecular formula is C27H36N4O3. The average molecular weight is 465 g/mol. The summed E-state index contributed by atoms with van der Waals surface area (Å²) in [5.41, 5.74) is 1.79. The standard InChI is InChI=1S/C27H36N4O3/c1-26(2,3)24-8-6-7-21(28-24)25(33)29-23-13-18-15-31(19-11-9-17(16-32)10-12-19)30-22(18)14-20(23)27(4,5)34/h6-8,13-15,17,19,32,34H,9-12,16H2,1-5H3,(H,29,33). The van der Waals surface area contributed by atoms with Crippen molar-refractivity contribution in [1.82, 2.24) is 14.8 Å². The van der Waals surface area contributed by atoms with Crippen molar-refractivity contribution in [3.05, 3.63) is 53.5 Å². The third-order valence-electron chi connectivity index (χ3n) is 6.77. The molecule has 0 spiro atoms. The second kappa shape index (κ2) is 9.12. The molecule has 1 saturated carbocycles. The van der Waals surface area contributed by atoms with E-state index in [9.17, 15) is 15.0 Å². The van der Waals surface area contributed by atoms with Crippen LogP contribution in [0.5, 0.6) is 0 Å². The lowest BCUT2D eigenvalue weighted by Gasteiger charge is -2.27. The number of pyridine rings is 1. The van der Waals surface area contributed by atoms with Crippen molar-refractivity contribution in [3.63, 3.8) is 0 Å². The summed E-state index contributed by atoms with van der Waals surface area (Å²) in [5.74, 6) is 0.0703. The summed E-state index contributed by atoms with van der Waals surface area (Å²) in [7, 11) is 0. The summed E-state index contributed by atoms with van der Waals surface area (Å²) in [6.07, 6.45) is 5.97. The topological polar surface area (TPSA) is 100 Å². The van der Waals surface area contributed by atoms with Gasteiger partial charge in [0.1, 0.15) is 5.69 Å². The Kier molecular flexibility index (Phi) is 6.53. The van der Waals surface area contributed by atoms with Crippen LogP contribution in [0, 0.1) is 5.92 Å². The lowest BCUT2D eigenvalue weighted by Crippen LogP contribution is -2.22. The Morgan fingerprint density at radius 1 is 1.12 bits per heavy atom. The number of anilines is 1. The Morgan fingerprint density at radius 3 is 2.44 bits per heavy atom. The maximum absolute atomic E-state index is 13.1. The van der Waals surface area contributed by atoms with E-state index in [-0.39, 0.29) is 17.9 Å². The van der Waals surface area contributed by atoms with Crippen LogP contribution < -0.4 is 5.32 Å². The van der Waals surface area contributed by atoms with E-state index < -0.39 is 5.60 Å². The van der Waals surface area contributed by atoms with Gasteiger partial charge < -0.3 is 15.5 Å². The van der Waals surface area contributed by atoms with Gasteiger partial charge >= 0.3 is 0 Å². The normalized spacial score (nSPS) is 19.4. The van der Waals surface area contributed by atoms with E-state index >= 15 is 0 Å². The Bertz CT molecular complexity index is 1180. The van der Waals surface area contributed by atoms with Crippen LogP contribution in [0.15, 0.2) is 36.5 Å². The molecule has 0 saturated heterocycles. The highest BCUT2D eigenvalue weighted by molar-refractivity contribution is 6.04. The average Bonchev–Trinajstić information content (AvgIpc) is 3.20. The summed E-state index contributed by atoms with van der Waals surface area (Å²) >= 11 is 0. The third-order valence-corrected chi connectivity index (χ3v) is 6.77. The van der Waals surface area contributed by atoms with E-state index in [0.29, 0.717) is 28.9 Å². The van der Waals surface area contributed by atoms with Crippen molar-refractivity contribution in [2.45, 2.75) is 77.4 Å². The summed E-state index contributed by atoms with van der Waals surface area (Å²) in [4.78, 5) is 17.7. The number of amides is 1. The second-order valence-electron chi connectivity index (χ2n) is 11.1. The molecule has 2 heterocycles. The molecule has 0 unspecified atom stereocenters. The molecule has 34 heavy (non-hydrogen) atoms. The smallest absolute Gasteiger partial charge is 0.274 e. The van der Waals surface area contributed by atoms with E-state index in [1.54, 1.807) is 19.9 Å². The van der Waals surface area contributed by atoms with Gasteiger partial charge in [0.15, 0.2) is 0 Å². The van der Waals surface area contributed by atoms with Crippen LogP contribution in [0.2, 0.25) is 0 Å². The minimum absolute atomic E-state index is 0.168. The first-order chi connectivity index (χ1) is 16.0. The Labute approximate surface area is 201 Å². The molecule has 2 aromatic heterocycles. The van der Waals surface area contributed by atoms with Gasteiger partial charge in [-0.1, -0.05) is 26.8 Å². The predicted octanol–water partition coefficient (Wildman–Crippen LogP) is 4.93. The number of benzene rings is 1. The predicted molar refractivity (Wildman–Crippen MR) is 134 cm³/mol. The van der Waals surface area contributed by atoms with Gasteiger partial charge in [-0.2, -0.15) is 5.10 Å². The van der Waals surface area contributed by atoms with Crippen molar-refractivity contribution >= 4 is 22.5 Å². The molecule has 0 bridgehead atoms. The molecule has 3 aromatic rings. The quantitative estimate of drug-likeness (QED) is 0.497. The summed E-state index contributed by atoms with van der Waals surface area (Å²) in [6.45, 7) is 9.84. The van der Waals surface area contributed by atoms with Gasteiger partial charge in [0.25, 0.3) is 5.91 Å². The molecular weight excluding hydrogens is 428 g/mol. The Morgan fingerprint density at radius 2 is 1.82 bits per heavy atom. The van der Waals surface area contributed by atoms with Crippen LogP contribution in [-0.4, -0.2) is 37.5 Å². The number of aliphatic hydroxyl groups is 2. The number of carbonyl (C=O) groups is 1. The first kappa shape index (κ1) is 24.4. The number of rotatable bonds is 5. The fraction of sp³-hybridized carbons (Fsp3) is 0.519. The number of nitrogens with one attached hydrogen (secondary N) is 1. The van der Waals surface area contributed by atoms with Gasteiger partial charge in [0.05, 0.1) is 17.2 Å². The highest BCUT2D eigenvalue weighted by Gasteiger charge is 2.26. The first-order valence-electron chi connectivity index (χ1n) is 12.1. The minimum Gasteiger partial charge on any atom is -0.396 e. The maximum atomic E-state index is 13.1. The number of hydrogen-bond acceptors (Lipinski definition) is 5. The van der Waals surface area contributed by atoms with Gasteiger partial charge in [-0.25, -0.2) is 4.98 Å². The molecule has 1 amide bonds. The van der Waals surface area contributed by atoms with Crippen LogP contribution in [0.25, 0.3) is 10.9 Å². The van der Waals surface area contributed by atoms with E-state index in [0.717, 1.165) is 42.3 Å². The van der Waals surface area contributed by atoms with Crippen LogP contribution >= 0.6 is 0 Å². The van der Waals surface area contributed by atoms with Gasteiger partial charge in [-0.05, 0) is 69.7 Å². The molecule has 7 heteroatoms. The van der Waals surface area contributed by atoms with Gasteiger partial charge in [-0.3, -0.25) is 9.48 Å². The summed E-state index contributed by atoms with van der Waals surface area (Å²) < 4.78 is 2.01.